The molecule has 0 aromatic rings. The van der Waals surface area contributed by atoms with E-state index in [9.17, 15) is 0 Å². The molecule has 0 aliphatic heterocycles. The Morgan fingerprint density at radius 2 is 1.75 bits per heavy atom. The van der Waals surface area contributed by atoms with Crippen molar-refractivity contribution in [1.82, 2.24) is 5.32 Å². The molecule has 1 fully saturated rings. The highest BCUT2D eigenvalue weighted by molar-refractivity contribution is 4.77. The van der Waals surface area contributed by atoms with Crippen molar-refractivity contribution in [2.45, 2.75) is 78.0 Å². The van der Waals surface area contributed by atoms with Gasteiger partial charge in [-0.2, -0.15) is 0 Å². The molecule has 2 heteroatoms. The maximum Gasteiger partial charge on any atom is 0.0726 e. The lowest BCUT2D eigenvalue weighted by molar-refractivity contribution is -0.0331. The lowest BCUT2D eigenvalue weighted by Gasteiger charge is -2.29. The quantitative estimate of drug-likeness (QED) is 0.777. The molecule has 1 unspecified atom stereocenters. The summed E-state index contributed by atoms with van der Waals surface area (Å²) in [5, 5.41) is 3.55. The molecule has 0 heterocycles. The van der Waals surface area contributed by atoms with Crippen LogP contribution in [0.4, 0.5) is 0 Å². The van der Waals surface area contributed by atoms with Crippen LogP contribution in [0.5, 0.6) is 0 Å². The predicted molar refractivity (Wildman–Crippen MR) is 69.7 cm³/mol. The van der Waals surface area contributed by atoms with E-state index in [2.05, 4.69) is 39.9 Å². The standard InChI is InChI=1S/C14H29NO/c1-11(2)13(10-15-14(3,4)5)16-12-8-6-7-9-12/h11-13,15H,6-10H2,1-5H3. The minimum atomic E-state index is 0.187. The number of hydrogen-bond donors (Lipinski definition) is 1. The Balaban J connectivity index is 2.35. The Morgan fingerprint density at radius 1 is 1.19 bits per heavy atom. The van der Waals surface area contributed by atoms with E-state index in [1.165, 1.54) is 25.7 Å². The third-order valence-corrected chi connectivity index (χ3v) is 3.25. The molecular formula is C14H29NO. The van der Waals surface area contributed by atoms with Gasteiger partial charge in [-0.1, -0.05) is 26.7 Å². The first-order valence-electron chi connectivity index (χ1n) is 6.79. The van der Waals surface area contributed by atoms with Crippen LogP contribution in [0.25, 0.3) is 0 Å². The van der Waals surface area contributed by atoms with E-state index in [0.717, 1.165) is 6.54 Å². The van der Waals surface area contributed by atoms with Crippen LogP contribution in [-0.4, -0.2) is 24.3 Å². The van der Waals surface area contributed by atoms with Gasteiger partial charge in [0, 0.05) is 12.1 Å². The van der Waals surface area contributed by atoms with Crippen LogP contribution in [0.2, 0.25) is 0 Å². The largest absolute Gasteiger partial charge is 0.373 e. The molecular weight excluding hydrogens is 198 g/mol. The SMILES string of the molecule is CC(C)C(CNC(C)(C)C)OC1CCCC1. The Hall–Kier alpha value is -0.0800. The summed E-state index contributed by atoms with van der Waals surface area (Å²) in [6, 6.07) is 0. The molecule has 96 valence electrons. The summed E-state index contributed by atoms with van der Waals surface area (Å²) < 4.78 is 6.21. The van der Waals surface area contributed by atoms with Crippen molar-refractivity contribution < 1.29 is 4.74 Å². The van der Waals surface area contributed by atoms with Gasteiger partial charge in [0.1, 0.15) is 0 Å². The van der Waals surface area contributed by atoms with Crippen molar-refractivity contribution in [2.75, 3.05) is 6.54 Å². The molecule has 0 spiro atoms. The van der Waals surface area contributed by atoms with E-state index in [1.54, 1.807) is 0 Å². The Morgan fingerprint density at radius 3 is 2.19 bits per heavy atom. The van der Waals surface area contributed by atoms with E-state index in [0.29, 0.717) is 18.1 Å². The third kappa shape index (κ3) is 5.31. The zero-order valence-electron chi connectivity index (χ0n) is 11.7. The van der Waals surface area contributed by atoms with E-state index in [1.807, 2.05) is 0 Å². The summed E-state index contributed by atoms with van der Waals surface area (Å²) >= 11 is 0. The van der Waals surface area contributed by atoms with Crippen molar-refractivity contribution in [3.8, 4) is 0 Å². The fourth-order valence-corrected chi connectivity index (χ4v) is 2.12. The summed E-state index contributed by atoms with van der Waals surface area (Å²) in [4.78, 5) is 0. The maximum atomic E-state index is 6.21. The van der Waals surface area contributed by atoms with E-state index >= 15 is 0 Å². The fourth-order valence-electron chi connectivity index (χ4n) is 2.12. The van der Waals surface area contributed by atoms with E-state index < -0.39 is 0 Å². The monoisotopic (exact) mass is 227 g/mol. The van der Waals surface area contributed by atoms with Gasteiger partial charge < -0.3 is 10.1 Å². The zero-order chi connectivity index (χ0) is 12.2. The highest BCUT2D eigenvalue weighted by Crippen LogP contribution is 2.24. The van der Waals surface area contributed by atoms with E-state index in [-0.39, 0.29) is 5.54 Å². The molecule has 2 nitrogen and oxygen atoms in total. The Kier molecular flexibility index (Phi) is 5.26. The predicted octanol–water partition coefficient (Wildman–Crippen LogP) is 3.36. The number of hydrogen-bond acceptors (Lipinski definition) is 2. The van der Waals surface area contributed by atoms with Crippen LogP contribution < -0.4 is 5.32 Å². The smallest absolute Gasteiger partial charge is 0.0726 e. The topological polar surface area (TPSA) is 21.3 Å². The summed E-state index contributed by atoms with van der Waals surface area (Å²) in [6.45, 7) is 12.1. The van der Waals surface area contributed by atoms with Gasteiger partial charge in [-0.3, -0.25) is 0 Å². The first-order valence-corrected chi connectivity index (χ1v) is 6.79. The van der Waals surface area contributed by atoms with Crippen LogP contribution in [0.3, 0.4) is 0 Å². The number of ether oxygens (including phenoxy) is 1. The zero-order valence-corrected chi connectivity index (χ0v) is 11.7. The summed E-state index contributed by atoms with van der Waals surface area (Å²) in [6.07, 6.45) is 6.11. The first-order chi connectivity index (χ1) is 7.38. The molecule has 1 rings (SSSR count). The molecule has 1 aliphatic rings. The molecule has 0 bridgehead atoms. The van der Waals surface area contributed by atoms with Crippen molar-refractivity contribution in [1.29, 1.82) is 0 Å². The molecule has 1 saturated carbocycles. The number of nitrogens with one attached hydrogen (secondary N) is 1. The minimum Gasteiger partial charge on any atom is -0.373 e. The highest BCUT2D eigenvalue weighted by Gasteiger charge is 2.23. The average molecular weight is 227 g/mol. The molecule has 0 amide bonds. The fraction of sp³-hybridized carbons (Fsp3) is 1.00. The van der Waals surface area contributed by atoms with Crippen molar-refractivity contribution in [2.24, 2.45) is 5.92 Å². The second kappa shape index (κ2) is 6.02. The first kappa shape index (κ1) is 14.0. The van der Waals surface area contributed by atoms with Crippen LogP contribution >= 0.6 is 0 Å². The Bertz CT molecular complexity index is 189. The van der Waals surface area contributed by atoms with E-state index in [4.69, 9.17) is 4.74 Å². The van der Waals surface area contributed by atoms with Crippen LogP contribution in [-0.2, 0) is 4.74 Å². The van der Waals surface area contributed by atoms with Gasteiger partial charge in [0.2, 0.25) is 0 Å². The van der Waals surface area contributed by atoms with Gasteiger partial charge in [-0.05, 0) is 39.5 Å². The van der Waals surface area contributed by atoms with Crippen LogP contribution in [0.15, 0.2) is 0 Å². The normalized spacial score (nSPS) is 20.6. The van der Waals surface area contributed by atoms with Gasteiger partial charge in [0.25, 0.3) is 0 Å². The molecule has 1 aliphatic carbocycles. The van der Waals surface area contributed by atoms with Gasteiger partial charge in [-0.25, -0.2) is 0 Å². The summed E-state index contributed by atoms with van der Waals surface area (Å²) in [5.41, 5.74) is 0.187. The van der Waals surface area contributed by atoms with Gasteiger partial charge >= 0.3 is 0 Å². The van der Waals surface area contributed by atoms with Crippen molar-refractivity contribution in [3.05, 3.63) is 0 Å². The lowest BCUT2D eigenvalue weighted by atomic mass is 10.0. The Labute approximate surface area is 101 Å². The van der Waals surface area contributed by atoms with Gasteiger partial charge in [-0.15, -0.1) is 0 Å². The van der Waals surface area contributed by atoms with Crippen molar-refractivity contribution in [3.63, 3.8) is 0 Å². The molecule has 0 radical (unpaired) electrons. The van der Waals surface area contributed by atoms with Crippen LogP contribution in [0.1, 0.15) is 60.3 Å². The molecule has 1 N–H and O–H groups in total. The molecule has 1 atom stereocenters. The van der Waals surface area contributed by atoms with Gasteiger partial charge in [0.15, 0.2) is 0 Å². The third-order valence-electron chi connectivity index (χ3n) is 3.25. The van der Waals surface area contributed by atoms with Gasteiger partial charge in [0.05, 0.1) is 12.2 Å². The maximum absolute atomic E-state index is 6.21. The molecule has 0 aromatic heterocycles. The van der Waals surface area contributed by atoms with Crippen LogP contribution in [0, 0.1) is 5.92 Å². The number of rotatable bonds is 5. The lowest BCUT2D eigenvalue weighted by Crippen LogP contribution is -2.44. The molecule has 0 aromatic carbocycles. The second-order valence-electron chi connectivity index (χ2n) is 6.46. The molecule has 0 saturated heterocycles. The average Bonchev–Trinajstić information content (AvgIpc) is 2.62. The van der Waals surface area contributed by atoms with Crippen molar-refractivity contribution >= 4 is 0 Å². The minimum absolute atomic E-state index is 0.187. The summed E-state index contributed by atoms with van der Waals surface area (Å²) in [7, 11) is 0. The highest BCUT2D eigenvalue weighted by atomic mass is 16.5. The molecule has 16 heavy (non-hydrogen) atoms. The second-order valence-corrected chi connectivity index (χ2v) is 6.46. The summed E-state index contributed by atoms with van der Waals surface area (Å²) in [5.74, 6) is 0.593.